The Morgan fingerprint density at radius 2 is 2.33 bits per heavy atom. The van der Waals surface area contributed by atoms with Crippen molar-refractivity contribution < 1.29 is 14.2 Å². The normalized spacial score (nSPS) is 16.3. The van der Waals surface area contributed by atoms with E-state index in [1.807, 2.05) is 6.07 Å². The minimum atomic E-state index is -0.0377. The predicted molar refractivity (Wildman–Crippen MR) is 71.5 cm³/mol. The van der Waals surface area contributed by atoms with Crippen LogP contribution in [0.15, 0.2) is 16.8 Å². The third-order valence-corrected chi connectivity index (χ3v) is 3.70. The molecular formula is C15H13N3O3. The van der Waals surface area contributed by atoms with Crippen molar-refractivity contribution in [2.24, 2.45) is 5.92 Å². The topological polar surface area (TPSA) is 89.0 Å². The Kier molecular flexibility index (Phi) is 3.40. The summed E-state index contributed by atoms with van der Waals surface area (Å²) >= 11 is 0. The van der Waals surface area contributed by atoms with Gasteiger partial charge in [0.25, 0.3) is 0 Å². The highest BCUT2D eigenvalue weighted by Crippen LogP contribution is 2.32. The van der Waals surface area contributed by atoms with Crippen molar-refractivity contribution in [3.63, 3.8) is 0 Å². The first kappa shape index (κ1) is 13.3. The van der Waals surface area contributed by atoms with E-state index in [2.05, 4.69) is 21.0 Å². The van der Waals surface area contributed by atoms with E-state index in [9.17, 15) is 10.1 Å². The van der Waals surface area contributed by atoms with Gasteiger partial charge in [-0.3, -0.25) is 0 Å². The monoisotopic (exact) mass is 283 g/mol. The molecule has 0 fully saturated rings. The first-order valence-electron chi connectivity index (χ1n) is 6.63. The number of hydrogen-bond donors (Lipinski definition) is 0. The zero-order chi connectivity index (χ0) is 14.8. The van der Waals surface area contributed by atoms with Crippen LogP contribution in [-0.4, -0.2) is 16.6 Å². The van der Waals surface area contributed by atoms with Crippen LogP contribution in [0.1, 0.15) is 28.1 Å². The SMILES string of the molecule is Cc1nonc1COc1cc(C#N)c2c(c1)CC(C=O)C2. The quantitative estimate of drug-likeness (QED) is 0.794. The molecule has 0 aliphatic heterocycles. The minimum absolute atomic E-state index is 0.0377. The third-order valence-electron chi connectivity index (χ3n) is 3.70. The zero-order valence-electron chi connectivity index (χ0n) is 11.5. The third kappa shape index (κ3) is 2.50. The number of nitriles is 1. The van der Waals surface area contributed by atoms with Gasteiger partial charge in [0.1, 0.15) is 30.0 Å². The summed E-state index contributed by atoms with van der Waals surface area (Å²) in [6.07, 6.45) is 2.25. The van der Waals surface area contributed by atoms with E-state index in [-0.39, 0.29) is 12.5 Å². The van der Waals surface area contributed by atoms with Crippen molar-refractivity contribution in [2.75, 3.05) is 0 Å². The highest BCUT2D eigenvalue weighted by Gasteiger charge is 2.24. The fourth-order valence-electron chi connectivity index (χ4n) is 2.55. The van der Waals surface area contributed by atoms with Gasteiger partial charge in [-0.1, -0.05) is 10.3 Å². The molecule has 2 aromatic rings. The summed E-state index contributed by atoms with van der Waals surface area (Å²) in [7, 11) is 0. The molecule has 1 aliphatic carbocycles. The molecule has 21 heavy (non-hydrogen) atoms. The lowest BCUT2D eigenvalue weighted by atomic mass is 10.0. The number of aryl methyl sites for hydroxylation is 1. The van der Waals surface area contributed by atoms with E-state index in [0.29, 0.717) is 35.5 Å². The summed E-state index contributed by atoms with van der Waals surface area (Å²) in [6.45, 7) is 2.02. The van der Waals surface area contributed by atoms with E-state index in [0.717, 1.165) is 17.4 Å². The Balaban J connectivity index is 1.83. The number of aldehydes is 1. The summed E-state index contributed by atoms with van der Waals surface area (Å²) in [5.74, 6) is 0.559. The van der Waals surface area contributed by atoms with Crippen LogP contribution >= 0.6 is 0 Å². The zero-order valence-corrected chi connectivity index (χ0v) is 11.5. The van der Waals surface area contributed by atoms with Crippen molar-refractivity contribution in [3.8, 4) is 11.8 Å². The van der Waals surface area contributed by atoms with E-state index < -0.39 is 0 Å². The molecule has 0 saturated heterocycles. The Bertz CT molecular complexity index is 730. The van der Waals surface area contributed by atoms with Gasteiger partial charge in [0, 0.05) is 5.92 Å². The molecule has 1 aromatic carbocycles. The Labute approximate surface area is 121 Å². The van der Waals surface area contributed by atoms with Crippen LogP contribution < -0.4 is 4.74 Å². The van der Waals surface area contributed by atoms with Gasteiger partial charge >= 0.3 is 0 Å². The molecule has 3 rings (SSSR count). The first-order chi connectivity index (χ1) is 10.2. The number of carbonyl (C=O) groups excluding carboxylic acids is 1. The van der Waals surface area contributed by atoms with Crippen LogP contribution in [-0.2, 0) is 24.2 Å². The summed E-state index contributed by atoms with van der Waals surface area (Å²) in [5, 5.41) is 16.7. The van der Waals surface area contributed by atoms with Gasteiger partial charge in [0.05, 0.1) is 11.6 Å². The number of nitrogens with zero attached hydrogens (tertiary/aromatic N) is 3. The average Bonchev–Trinajstić information content (AvgIpc) is 3.09. The first-order valence-corrected chi connectivity index (χ1v) is 6.63. The molecule has 1 atom stereocenters. The number of benzene rings is 1. The second-order valence-corrected chi connectivity index (χ2v) is 5.11. The lowest BCUT2D eigenvalue weighted by molar-refractivity contribution is -0.110. The maximum Gasteiger partial charge on any atom is 0.145 e. The van der Waals surface area contributed by atoms with Crippen molar-refractivity contribution in [1.29, 1.82) is 5.26 Å². The Hall–Kier alpha value is -2.68. The van der Waals surface area contributed by atoms with E-state index in [4.69, 9.17) is 4.74 Å². The molecule has 0 saturated carbocycles. The summed E-state index contributed by atoms with van der Waals surface area (Å²) < 4.78 is 10.3. The number of carbonyl (C=O) groups is 1. The molecule has 0 N–H and O–H groups in total. The highest BCUT2D eigenvalue weighted by atomic mass is 16.6. The standard InChI is InChI=1S/C15H13N3O3/c1-9-15(18-21-17-9)8-20-13-4-11-2-10(7-19)3-14(11)12(5-13)6-16/h4-5,7,10H,2-3,8H2,1H3. The van der Waals surface area contributed by atoms with Crippen LogP contribution in [0, 0.1) is 24.2 Å². The number of ether oxygens (including phenoxy) is 1. The fraction of sp³-hybridized carbons (Fsp3) is 0.333. The van der Waals surface area contributed by atoms with Gasteiger partial charge < -0.3 is 9.53 Å². The van der Waals surface area contributed by atoms with Crippen LogP contribution in [0.5, 0.6) is 5.75 Å². The van der Waals surface area contributed by atoms with Gasteiger partial charge in [-0.15, -0.1) is 0 Å². The largest absolute Gasteiger partial charge is 0.487 e. The molecule has 0 spiro atoms. The van der Waals surface area contributed by atoms with Gasteiger partial charge in [0.15, 0.2) is 0 Å². The van der Waals surface area contributed by atoms with Crippen molar-refractivity contribution in [3.05, 3.63) is 40.2 Å². The fourth-order valence-corrected chi connectivity index (χ4v) is 2.55. The second kappa shape index (κ2) is 5.37. The summed E-state index contributed by atoms with van der Waals surface area (Å²) in [4.78, 5) is 10.9. The predicted octanol–water partition coefficient (Wildman–Crippen LogP) is 1.74. The second-order valence-electron chi connectivity index (χ2n) is 5.11. The van der Waals surface area contributed by atoms with Crippen LogP contribution in [0.25, 0.3) is 0 Å². The van der Waals surface area contributed by atoms with Crippen LogP contribution in [0.3, 0.4) is 0 Å². The maximum absolute atomic E-state index is 10.9. The number of rotatable bonds is 4. The van der Waals surface area contributed by atoms with E-state index in [1.165, 1.54) is 0 Å². The van der Waals surface area contributed by atoms with Gasteiger partial charge in [-0.25, -0.2) is 4.63 Å². The number of fused-ring (bicyclic) bond motifs is 1. The molecule has 1 unspecified atom stereocenters. The van der Waals surface area contributed by atoms with Gasteiger partial charge in [-0.05, 0) is 43.0 Å². The molecule has 6 heteroatoms. The van der Waals surface area contributed by atoms with Crippen LogP contribution in [0.4, 0.5) is 0 Å². The lowest BCUT2D eigenvalue weighted by Gasteiger charge is -2.08. The van der Waals surface area contributed by atoms with Crippen molar-refractivity contribution >= 4 is 6.29 Å². The summed E-state index contributed by atoms with van der Waals surface area (Å²) in [5.41, 5.74) is 3.84. The Morgan fingerprint density at radius 3 is 3.00 bits per heavy atom. The average molecular weight is 283 g/mol. The molecule has 106 valence electrons. The van der Waals surface area contributed by atoms with Gasteiger partial charge in [-0.2, -0.15) is 5.26 Å². The molecular weight excluding hydrogens is 270 g/mol. The van der Waals surface area contributed by atoms with E-state index >= 15 is 0 Å². The number of aromatic nitrogens is 2. The molecule has 0 amide bonds. The Morgan fingerprint density at radius 1 is 1.48 bits per heavy atom. The molecule has 1 aliphatic rings. The van der Waals surface area contributed by atoms with Crippen LogP contribution in [0.2, 0.25) is 0 Å². The summed E-state index contributed by atoms with van der Waals surface area (Å²) in [6, 6.07) is 5.77. The lowest BCUT2D eigenvalue weighted by Crippen LogP contribution is -1.99. The minimum Gasteiger partial charge on any atom is -0.487 e. The smallest absolute Gasteiger partial charge is 0.145 e. The molecule has 1 heterocycles. The maximum atomic E-state index is 10.9. The molecule has 1 aromatic heterocycles. The van der Waals surface area contributed by atoms with E-state index in [1.54, 1.807) is 13.0 Å². The van der Waals surface area contributed by atoms with Crippen molar-refractivity contribution in [2.45, 2.75) is 26.4 Å². The van der Waals surface area contributed by atoms with Crippen molar-refractivity contribution in [1.82, 2.24) is 10.3 Å². The molecule has 6 nitrogen and oxygen atoms in total. The highest BCUT2D eigenvalue weighted by molar-refractivity contribution is 5.61. The number of hydrogen-bond acceptors (Lipinski definition) is 6. The molecule has 0 radical (unpaired) electrons. The van der Waals surface area contributed by atoms with Gasteiger partial charge in [0.2, 0.25) is 0 Å². The molecule has 0 bridgehead atoms.